The number of hydrogen-bond acceptors (Lipinski definition) is 4. The lowest BCUT2D eigenvalue weighted by molar-refractivity contribution is -0.117. The fourth-order valence-corrected chi connectivity index (χ4v) is 3.45. The molecular formula is C23H17Cl2N3O3. The highest BCUT2D eigenvalue weighted by Gasteiger charge is 2.14. The maximum Gasteiger partial charge on any atom is 0.275 e. The van der Waals surface area contributed by atoms with Crippen LogP contribution in [0.2, 0.25) is 10.0 Å². The van der Waals surface area contributed by atoms with Gasteiger partial charge in [0, 0.05) is 15.4 Å². The van der Waals surface area contributed by atoms with Gasteiger partial charge in [-0.05, 0) is 55.5 Å². The predicted molar refractivity (Wildman–Crippen MR) is 122 cm³/mol. The van der Waals surface area contributed by atoms with E-state index in [0.29, 0.717) is 38.3 Å². The lowest BCUT2D eigenvalue weighted by atomic mass is 10.1. The van der Waals surface area contributed by atoms with E-state index in [2.05, 4.69) is 10.4 Å². The second-order valence-electron chi connectivity index (χ2n) is 6.84. The summed E-state index contributed by atoms with van der Waals surface area (Å²) >= 11 is 12.0. The third-order valence-electron chi connectivity index (χ3n) is 4.60. The molecule has 0 bridgehead atoms. The van der Waals surface area contributed by atoms with Crippen molar-refractivity contribution >= 4 is 45.6 Å². The lowest BCUT2D eigenvalue weighted by Gasteiger charge is -2.14. The summed E-state index contributed by atoms with van der Waals surface area (Å²) in [4.78, 5) is 25.4. The molecule has 1 aromatic heterocycles. The Kier molecular flexibility index (Phi) is 5.93. The van der Waals surface area contributed by atoms with Gasteiger partial charge in [-0.2, -0.15) is 5.10 Å². The van der Waals surface area contributed by atoms with Crippen molar-refractivity contribution in [2.24, 2.45) is 0 Å². The van der Waals surface area contributed by atoms with Crippen LogP contribution in [-0.2, 0) is 11.3 Å². The molecule has 0 aliphatic carbocycles. The Balaban J connectivity index is 1.58. The number of carbonyl (C=O) groups excluding carboxylic acids is 1. The van der Waals surface area contributed by atoms with Crippen molar-refractivity contribution in [3.05, 3.63) is 92.8 Å². The number of aryl methyl sites for hydroxylation is 1. The number of hydrogen-bond donors (Lipinski definition) is 1. The largest absolute Gasteiger partial charge is 0.455 e. The Bertz CT molecular complexity index is 1330. The molecule has 0 saturated heterocycles. The van der Waals surface area contributed by atoms with Gasteiger partial charge in [-0.1, -0.05) is 41.4 Å². The number of carbonyl (C=O) groups is 1. The van der Waals surface area contributed by atoms with Gasteiger partial charge in [-0.25, -0.2) is 4.68 Å². The molecule has 4 rings (SSSR count). The molecule has 4 aromatic rings. The number of fused-ring (bicyclic) bond motifs is 1. The van der Waals surface area contributed by atoms with E-state index in [1.165, 1.54) is 0 Å². The van der Waals surface area contributed by atoms with Crippen LogP contribution in [0.5, 0.6) is 11.5 Å². The number of benzene rings is 3. The van der Waals surface area contributed by atoms with Gasteiger partial charge in [0.2, 0.25) is 5.91 Å². The smallest absolute Gasteiger partial charge is 0.275 e. The number of amides is 1. The molecular weight excluding hydrogens is 437 g/mol. The fraction of sp³-hybridized carbons (Fsp3) is 0.0870. The molecule has 31 heavy (non-hydrogen) atoms. The van der Waals surface area contributed by atoms with Crippen LogP contribution in [0.15, 0.2) is 71.5 Å². The minimum Gasteiger partial charge on any atom is -0.455 e. The van der Waals surface area contributed by atoms with Crippen molar-refractivity contribution in [1.82, 2.24) is 9.78 Å². The summed E-state index contributed by atoms with van der Waals surface area (Å²) in [5.41, 5.74) is 0.704. The zero-order valence-electron chi connectivity index (χ0n) is 16.4. The fourth-order valence-electron chi connectivity index (χ4n) is 3.16. The Hall–Kier alpha value is -3.35. The molecule has 0 atom stereocenters. The van der Waals surface area contributed by atoms with Crippen LogP contribution in [0, 0.1) is 6.92 Å². The zero-order chi connectivity index (χ0) is 22.0. The van der Waals surface area contributed by atoms with E-state index in [9.17, 15) is 9.59 Å². The van der Waals surface area contributed by atoms with Crippen LogP contribution in [0.25, 0.3) is 10.8 Å². The van der Waals surface area contributed by atoms with Crippen LogP contribution in [0.1, 0.15) is 5.69 Å². The van der Waals surface area contributed by atoms with Gasteiger partial charge in [0.05, 0.1) is 16.8 Å². The quantitative estimate of drug-likeness (QED) is 0.436. The van der Waals surface area contributed by atoms with Crippen LogP contribution in [0.4, 0.5) is 5.69 Å². The Morgan fingerprint density at radius 3 is 2.42 bits per heavy atom. The summed E-state index contributed by atoms with van der Waals surface area (Å²) < 4.78 is 7.00. The molecule has 6 nitrogen and oxygen atoms in total. The molecule has 0 spiro atoms. The van der Waals surface area contributed by atoms with Gasteiger partial charge in [0.1, 0.15) is 12.3 Å². The maximum atomic E-state index is 12.7. The number of rotatable bonds is 5. The summed E-state index contributed by atoms with van der Waals surface area (Å²) in [6, 6.07) is 18.9. The van der Waals surface area contributed by atoms with Gasteiger partial charge in [0.25, 0.3) is 5.56 Å². The minimum absolute atomic E-state index is 0.253. The molecule has 0 aliphatic rings. The van der Waals surface area contributed by atoms with Crippen molar-refractivity contribution in [1.29, 1.82) is 0 Å². The van der Waals surface area contributed by atoms with Crippen LogP contribution < -0.4 is 15.6 Å². The first kappa shape index (κ1) is 20.9. The summed E-state index contributed by atoms with van der Waals surface area (Å²) in [6.07, 6.45) is 0. The Morgan fingerprint density at radius 2 is 1.68 bits per heavy atom. The lowest BCUT2D eigenvalue weighted by Crippen LogP contribution is -2.30. The normalized spacial score (nSPS) is 10.8. The number of anilines is 1. The predicted octanol–water partition coefficient (Wildman–Crippen LogP) is 5.44. The van der Waals surface area contributed by atoms with E-state index in [-0.39, 0.29) is 12.1 Å². The number of ether oxygens (including phenoxy) is 1. The van der Waals surface area contributed by atoms with Crippen molar-refractivity contribution in [2.75, 3.05) is 5.32 Å². The third-order valence-corrected chi connectivity index (χ3v) is 5.09. The average molecular weight is 454 g/mol. The topological polar surface area (TPSA) is 73.2 Å². The standard InChI is InChI=1S/C23H17Cl2N3O3/c1-14-18-4-2-3-5-19(18)23(30)28(27-14)13-22(29)26-20-12-16(25)8-11-21(20)31-17-9-6-15(24)7-10-17/h2-12H,13H2,1H3,(H,26,29). The second kappa shape index (κ2) is 8.79. The molecule has 0 saturated carbocycles. The number of nitrogens with one attached hydrogen (secondary N) is 1. The van der Waals surface area contributed by atoms with Crippen LogP contribution in [-0.4, -0.2) is 15.7 Å². The average Bonchev–Trinajstić information content (AvgIpc) is 2.75. The molecule has 8 heteroatoms. The van der Waals surface area contributed by atoms with Gasteiger partial charge in [-0.15, -0.1) is 0 Å². The SMILES string of the molecule is Cc1nn(CC(=O)Nc2cc(Cl)ccc2Oc2ccc(Cl)cc2)c(=O)c2ccccc12. The molecule has 156 valence electrons. The van der Waals surface area contributed by atoms with E-state index in [0.717, 1.165) is 10.1 Å². The number of aromatic nitrogens is 2. The Labute approximate surface area is 188 Å². The summed E-state index contributed by atoms with van der Waals surface area (Å²) in [7, 11) is 0. The molecule has 3 aromatic carbocycles. The van der Waals surface area contributed by atoms with Crippen molar-refractivity contribution in [3.8, 4) is 11.5 Å². The zero-order valence-corrected chi connectivity index (χ0v) is 17.9. The molecule has 0 aliphatic heterocycles. The maximum absolute atomic E-state index is 12.7. The highest BCUT2D eigenvalue weighted by Crippen LogP contribution is 2.32. The number of halogens is 2. The van der Waals surface area contributed by atoms with Crippen LogP contribution in [0.3, 0.4) is 0 Å². The monoisotopic (exact) mass is 453 g/mol. The van der Waals surface area contributed by atoms with Gasteiger partial charge in [0.15, 0.2) is 5.75 Å². The molecule has 1 amide bonds. The van der Waals surface area contributed by atoms with E-state index < -0.39 is 5.91 Å². The summed E-state index contributed by atoms with van der Waals surface area (Å²) in [5.74, 6) is 0.507. The van der Waals surface area contributed by atoms with E-state index in [1.807, 2.05) is 12.1 Å². The molecule has 0 radical (unpaired) electrons. The molecule has 1 heterocycles. The second-order valence-corrected chi connectivity index (χ2v) is 7.71. The van der Waals surface area contributed by atoms with E-state index in [1.54, 1.807) is 61.5 Å². The Morgan fingerprint density at radius 1 is 1.00 bits per heavy atom. The van der Waals surface area contributed by atoms with E-state index >= 15 is 0 Å². The van der Waals surface area contributed by atoms with Gasteiger partial charge >= 0.3 is 0 Å². The first-order chi connectivity index (χ1) is 14.9. The summed E-state index contributed by atoms with van der Waals surface area (Å²) in [6.45, 7) is 1.54. The molecule has 0 fully saturated rings. The molecule has 1 N–H and O–H groups in total. The van der Waals surface area contributed by atoms with E-state index in [4.69, 9.17) is 27.9 Å². The first-order valence-corrected chi connectivity index (χ1v) is 10.2. The minimum atomic E-state index is -0.437. The van der Waals surface area contributed by atoms with Gasteiger partial charge < -0.3 is 10.1 Å². The number of nitrogens with zero attached hydrogens (tertiary/aromatic N) is 2. The van der Waals surface area contributed by atoms with Crippen molar-refractivity contribution in [2.45, 2.75) is 13.5 Å². The van der Waals surface area contributed by atoms with Crippen LogP contribution >= 0.6 is 23.2 Å². The summed E-state index contributed by atoms with van der Waals surface area (Å²) in [5, 5.41) is 9.31. The van der Waals surface area contributed by atoms with Crippen molar-refractivity contribution < 1.29 is 9.53 Å². The highest BCUT2D eigenvalue weighted by molar-refractivity contribution is 6.31. The first-order valence-electron chi connectivity index (χ1n) is 9.40. The molecule has 0 unspecified atom stereocenters. The highest BCUT2D eigenvalue weighted by atomic mass is 35.5. The van der Waals surface area contributed by atoms with Gasteiger partial charge in [-0.3, -0.25) is 9.59 Å². The third kappa shape index (κ3) is 4.71. The van der Waals surface area contributed by atoms with Crippen molar-refractivity contribution in [3.63, 3.8) is 0 Å².